The van der Waals surface area contributed by atoms with E-state index in [1.165, 1.54) is 0 Å². The van der Waals surface area contributed by atoms with Gasteiger partial charge in [-0.15, -0.1) is 0 Å². The van der Waals surface area contributed by atoms with Crippen LogP contribution in [-0.4, -0.2) is 53.9 Å². The molecule has 0 aliphatic carbocycles. The number of nitrogens with one attached hydrogen (secondary N) is 1. The monoisotopic (exact) mass is 285 g/mol. The van der Waals surface area contributed by atoms with E-state index in [2.05, 4.69) is 9.88 Å². The molecule has 0 unspecified atom stereocenters. The number of aryl methyl sites for hydroxylation is 1. The summed E-state index contributed by atoms with van der Waals surface area (Å²) in [7, 11) is 2.04. The van der Waals surface area contributed by atoms with E-state index in [0.29, 0.717) is 24.2 Å². The smallest absolute Gasteiger partial charge is 0.270 e. The third-order valence-electron chi connectivity index (χ3n) is 4.02. The highest BCUT2D eigenvalue weighted by atomic mass is 16.2. The second-order valence-corrected chi connectivity index (χ2v) is 5.70. The molecule has 5 heteroatoms. The Morgan fingerprint density at radius 2 is 1.86 bits per heavy atom. The van der Waals surface area contributed by atoms with Gasteiger partial charge in [-0.3, -0.25) is 9.59 Å². The summed E-state index contributed by atoms with van der Waals surface area (Å²) in [4.78, 5) is 31.4. The zero-order valence-corrected chi connectivity index (χ0v) is 12.3. The van der Waals surface area contributed by atoms with Crippen molar-refractivity contribution < 1.29 is 4.79 Å². The van der Waals surface area contributed by atoms with Crippen LogP contribution in [-0.2, 0) is 0 Å². The van der Waals surface area contributed by atoms with Crippen molar-refractivity contribution >= 4 is 16.7 Å². The zero-order valence-electron chi connectivity index (χ0n) is 12.3. The molecule has 0 spiro atoms. The summed E-state index contributed by atoms with van der Waals surface area (Å²) in [5.74, 6) is -0.0947. The molecule has 1 aliphatic heterocycles. The lowest BCUT2D eigenvalue weighted by atomic mass is 10.1. The predicted molar refractivity (Wildman–Crippen MR) is 82.7 cm³/mol. The summed E-state index contributed by atoms with van der Waals surface area (Å²) in [6, 6.07) is 7.46. The molecule has 3 rings (SSSR count). The largest absolute Gasteiger partial charge is 0.335 e. The lowest BCUT2D eigenvalue weighted by Crippen LogP contribution is -2.47. The van der Waals surface area contributed by atoms with Gasteiger partial charge in [-0.2, -0.15) is 0 Å². The van der Waals surface area contributed by atoms with E-state index >= 15 is 0 Å². The van der Waals surface area contributed by atoms with Crippen molar-refractivity contribution in [2.45, 2.75) is 6.92 Å². The van der Waals surface area contributed by atoms with Crippen LogP contribution in [0.25, 0.3) is 10.8 Å². The third-order valence-corrected chi connectivity index (χ3v) is 4.02. The maximum atomic E-state index is 12.5. The molecule has 110 valence electrons. The van der Waals surface area contributed by atoms with Crippen molar-refractivity contribution in [2.24, 2.45) is 0 Å². The minimum absolute atomic E-state index is 0.0947. The van der Waals surface area contributed by atoms with Gasteiger partial charge in [0, 0.05) is 31.6 Å². The van der Waals surface area contributed by atoms with Crippen LogP contribution in [0.15, 0.2) is 29.1 Å². The molecule has 0 saturated carbocycles. The second kappa shape index (κ2) is 5.33. The first-order valence-corrected chi connectivity index (χ1v) is 7.16. The van der Waals surface area contributed by atoms with Crippen molar-refractivity contribution in [3.05, 3.63) is 45.9 Å². The number of fused-ring (bicyclic) bond motifs is 1. The quantitative estimate of drug-likeness (QED) is 0.857. The van der Waals surface area contributed by atoms with Crippen molar-refractivity contribution in [3.63, 3.8) is 0 Å². The number of benzene rings is 1. The molecule has 21 heavy (non-hydrogen) atoms. The van der Waals surface area contributed by atoms with Crippen molar-refractivity contribution in [2.75, 3.05) is 33.2 Å². The van der Waals surface area contributed by atoms with E-state index in [4.69, 9.17) is 0 Å². The molecule has 1 fully saturated rings. The molecule has 1 aliphatic rings. The number of nitrogens with zero attached hydrogens (tertiary/aromatic N) is 2. The Morgan fingerprint density at radius 1 is 1.14 bits per heavy atom. The maximum absolute atomic E-state index is 12.5. The van der Waals surface area contributed by atoms with Gasteiger partial charge in [-0.1, -0.05) is 17.7 Å². The molecule has 1 aromatic carbocycles. The first kappa shape index (κ1) is 13.8. The molecule has 0 radical (unpaired) electrons. The lowest BCUT2D eigenvalue weighted by Gasteiger charge is -2.32. The summed E-state index contributed by atoms with van der Waals surface area (Å²) in [5, 5.41) is 1.44. The molecule has 1 saturated heterocycles. The third kappa shape index (κ3) is 2.69. The number of hydrogen-bond donors (Lipinski definition) is 1. The standard InChI is InChI=1S/C16H19N3O2/c1-11-3-4-12-10-14(17-15(20)13(12)9-11)16(21)19-7-5-18(2)6-8-19/h3-4,9-10H,5-8H2,1-2H3,(H,17,20). The number of piperazine rings is 1. The highest BCUT2D eigenvalue weighted by Crippen LogP contribution is 2.14. The highest BCUT2D eigenvalue weighted by molar-refractivity contribution is 5.96. The number of carbonyl (C=O) groups excluding carboxylic acids is 1. The Balaban J connectivity index is 1.95. The van der Waals surface area contributed by atoms with Gasteiger partial charge in [0.1, 0.15) is 5.69 Å². The van der Waals surface area contributed by atoms with E-state index in [1.54, 1.807) is 11.0 Å². The average Bonchev–Trinajstić information content (AvgIpc) is 2.48. The van der Waals surface area contributed by atoms with Crippen LogP contribution in [0.3, 0.4) is 0 Å². The summed E-state index contributed by atoms with van der Waals surface area (Å²) in [6.07, 6.45) is 0. The SMILES string of the molecule is Cc1ccc2cc(C(=O)N3CCN(C)CC3)[nH]c(=O)c2c1. The van der Waals surface area contributed by atoms with Crippen LogP contribution >= 0.6 is 0 Å². The van der Waals surface area contributed by atoms with Crippen molar-refractivity contribution in [1.82, 2.24) is 14.8 Å². The lowest BCUT2D eigenvalue weighted by molar-refractivity contribution is 0.0658. The second-order valence-electron chi connectivity index (χ2n) is 5.70. The number of hydrogen-bond acceptors (Lipinski definition) is 3. The van der Waals surface area contributed by atoms with Gasteiger partial charge >= 0.3 is 0 Å². The van der Waals surface area contributed by atoms with Crippen LogP contribution in [0.1, 0.15) is 16.1 Å². The molecular formula is C16H19N3O2. The number of amides is 1. The molecule has 2 aromatic rings. The van der Waals surface area contributed by atoms with Crippen molar-refractivity contribution in [1.29, 1.82) is 0 Å². The van der Waals surface area contributed by atoms with Gasteiger partial charge < -0.3 is 14.8 Å². The Bertz CT molecular complexity index is 743. The van der Waals surface area contributed by atoms with E-state index in [-0.39, 0.29) is 11.5 Å². The molecular weight excluding hydrogens is 266 g/mol. The van der Waals surface area contributed by atoms with Gasteiger partial charge in [0.25, 0.3) is 11.5 Å². The highest BCUT2D eigenvalue weighted by Gasteiger charge is 2.21. The van der Waals surface area contributed by atoms with E-state index < -0.39 is 0 Å². The van der Waals surface area contributed by atoms with Crippen LogP contribution in [0.2, 0.25) is 0 Å². The fourth-order valence-electron chi connectivity index (χ4n) is 2.67. The van der Waals surface area contributed by atoms with Gasteiger partial charge in [0.15, 0.2) is 0 Å². The summed E-state index contributed by atoms with van der Waals surface area (Å²) >= 11 is 0. The van der Waals surface area contributed by atoms with Gasteiger partial charge in [0.05, 0.1) is 0 Å². The molecule has 0 atom stereocenters. The van der Waals surface area contributed by atoms with Crippen LogP contribution in [0.4, 0.5) is 0 Å². The predicted octanol–water partition coefficient (Wildman–Crippen LogP) is 1.22. The summed E-state index contributed by atoms with van der Waals surface area (Å²) in [6.45, 7) is 5.07. The zero-order chi connectivity index (χ0) is 15.0. The van der Waals surface area contributed by atoms with Gasteiger partial charge in [0.2, 0.25) is 0 Å². The minimum atomic E-state index is -0.200. The Morgan fingerprint density at radius 3 is 2.57 bits per heavy atom. The van der Waals surface area contributed by atoms with Crippen molar-refractivity contribution in [3.8, 4) is 0 Å². The van der Waals surface area contributed by atoms with Crippen LogP contribution in [0.5, 0.6) is 0 Å². The number of aromatic amines is 1. The number of H-pyrrole nitrogens is 1. The van der Waals surface area contributed by atoms with E-state index in [9.17, 15) is 9.59 Å². The van der Waals surface area contributed by atoms with Gasteiger partial charge in [-0.05, 0) is 31.5 Å². The summed E-state index contributed by atoms with van der Waals surface area (Å²) in [5.41, 5.74) is 1.21. The van der Waals surface area contributed by atoms with Gasteiger partial charge in [-0.25, -0.2) is 0 Å². The minimum Gasteiger partial charge on any atom is -0.335 e. The normalized spacial score (nSPS) is 16.4. The fourth-order valence-corrected chi connectivity index (χ4v) is 2.67. The average molecular weight is 285 g/mol. The topological polar surface area (TPSA) is 56.4 Å². The molecule has 1 aromatic heterocycles. The Kier molecular flexibility index (Phi) is 3.51. The number of rotatable bonds is 1. The maximum Gasteiger partial charge on any atom is 0.270 e. The fraction of sp³-hybridized carbons (Fsp3) is 0.375. The first-order chi connectivity index (χ1) is 10.0. The van der Waals surface area contributed by atoms with Crippen LogP contribution < -0.4 is 5.56 Å². The number of carbonyl (C=O) groups is 1. The molecule has 1 amide bonds. The Hall–Kier alpha value is -2.14. The first-order valence-electron chi connectivity index (χ1n) is 7.16. The number of aromatic nitrogens is 1. The number of likely N-dealkylation sites (N-methyl/N-ethyl adjacent to an activating group) is 1. The summed E-state index contributed by atoms with van der Waals surface area (Å²) < 4.78 is 0. The van der Waals surface area contributed by atoms with E-state index in [1.807, 2.05) is 32.2 Å². The van der Waals surface area contributed by atoms with Crippen LogP contribution in [0, 0.1) is 6.92 Å². The molecule has 1 N–H and O–H groups in total. The molecule has 0 bridgehead atoms. The molecule has 5 nitrogen and oxygen atoms in total. The number of pyridine rings is 1. The Labute approximate surface area is 123 Å². The molecule has 2 heterocycles. The van der Waals surface area contributed by atoms with E-state index in [0.717, 1.165) is 24.0 Å².